The molecular formula is C20H26N2O2. The Morgan fingerprint density at radius 2 is 1.75 bits per heavy atom. The van der Waals surface area contributed by atoms with Gasteiger partial charge in [-0.2, -0.15) is 0 Å². The molecule has 0 spiro atoms. The summed E-state index contributed by atoms with van der Waals surface area (Å²) in [7, 11) is 2.16. The molecule has 4 nitrogen and oxygen atoms in total. The van der Waals surface area contributed by atoms with E-state index in [0.717, 1.165) is 50.3 Å². The molecule has 0 bridgehead atoms. The number of hydrogen-bond donors (Lipinski definition) is 2. The molecule has 0 radical (unpaired) electrons. The molecule has 24 heavy (non-hydrogen) atoms. The van der Waals surface area contributed by atoms with Gasteiger partial charge in [0.15, 0.2) is 0 Å². The molecule has 2 aromatic rings. The molecule has 2 aromatic carbocycles. The van der Waals surface area contributed by atoms with Crippen LogP contribution in [0, 0.1) is 0 Å². The zero-order chi connectivity index (χ0) is 16.8. The minimum atomic E-state index is 0.303. The molecule has 0 aromatic heterocycles. The fourth-order valence-corrected chi connectivity index (χ4v) is 2.99. The molecule has 1 heterocycles. The first-order valence-electron chi connectivity index (χ1n) is 8.62. The van der Waals surface area contributed by atoms with E-state index < -0.39 is 0 Å². The third-order valence-electron chi connectivity index (χ3n) is 4.46. The molecule has 1 fully saturated rings. The van der Waals surface area contributed by atoms with Gasteiger partial charge in [-0.05, 0) is 55.3 Å². The van der Waals surface area contributed by atoms with Crippen molar-refractivity contribution in [2.45, 2.75) is 32.0 Å². The highest BCUT2D eigenvalue weighted by Gasteiger charge is 2.17. The summed E-state index contributed by atoms with van der Waals surface area (Å²) in [6.07, 6.45) is 2.53. The van der Waals surface area contributed by atoms with Gasteiger partial charge in [0.2, 0.25) is 0 Å². The lowest BCUT2D eigenvalue weighted by Gasteiger charge is -2.29. The van der Waals surface area contributed by atoms with Crippen LogP contribution in [0.15, 0.2) is 48.5 Å². The number of piperidine rings is 1. The van der Waals surface area contributed by atoms with E-state index in [4.69, 9.17) is 4.74 Å². The zero-order valence-electron chi connectivity index (χ0n) is 14.2. The maximum absolute atomic E-state index is 9.30. The van der Waals surface area contributed by atoms with E-state index in [1.165, 1.54) is 5.56 Å². The molecule has 0 atom stereocenters. The van der Waals surface area contributed by atoms with Gasteiger partial charge in [0, 0.05) is 26.2 Å². The van der Waals surface area contributed by atoms with E-state index in [2.05, 4.69) is 35.5 Å². The van der Waals surface area contributed by atoms with Gasteiger partial charge in [0.05, 0.1) is 0 Å². The van der Waals surface area contributed by atoms with Crippen molar-refractivity contribution in [2.24, 2.45) is 0 Å². The minimum Gasteiger partial charge on any atom is -0.508 e. The Bertz CT molecular complexity index is 634. The Labute approximate surface area is 144 Å². The summed E-state index contributed by atoms with van der Waals surface area (Å²) in [4.78, 5) is 2.35. The number of phenols is 1. The van der Waals surface area contributed by atoms with E-state index in [0.29, 0.717) is 11.9 Å². The van der Waals surface area contributed by atoms with Gasteiger partial charge in [-0.25, -0.2) is 0 Å². The van der Waals surface area contributed by atoms with Gasteiger partial charge in [-0.15, -0.1) is 0 Å². The quantitative estimate of drug-likeness (QED) is 0.856. The average molecular weight is 326 g/mol. The lowest BCUT2D eigenvalue weighted by Crippen LogP contribution is -2.35. The first-order chi connectivity index (χ1) is 11.7. The predicted molar refractivity (Wildman–Crippen MR) is 96.2 cm³/mol. The van der Waals surface area contributed by atoms with Gasteiger partial charge >= 0.3 is 0 Å². The molecular weight excluding hydrogens is 300 g/mol. The summed E-state index contributed by atoms with van der Waals surface area (Å²) < 4.78 is 6.14. The van der Waals surface area contributed by atoms with Crippen molar-refractivity contribution in [3.63, 3.8) is 0 Å². The van der Waals surface area contributed by atoms with Crippen LogP contribution >= 0.6 is 0 Å². The topological polar surface area (TPSA) is 44.7 Å². The van der Waals surface area contributed by atoms with Crippen molar-refractivity contribution in [3.8, 4) is 11.5 Å². The van der Waals surface area contributed by atoms with Crippen LogP contribution in [0.4, 0.5) is 0 Å². The lowest BCUT2D eigenvalue weighted by molar-refractivity contribution is 0.114. The van der Waals surface area contributed by atoms with E-state index in [-0.39, 0.29) is 0 Å². The van der Waals surface area contributed by atoms with Crippen LogP contribution in [0.2, 0.25) is 0 Å². The number of rotatable bonds is 6. The van der Waals surface area contributed by atoms with Crippen LogP contribution < -0.4 is 10.1 Å². The number of aromatic hydroxyl groups is 1. The fraction of sp³-hybridized carbons (Fsp3) is 0.400. The molecule has 1 saturated heterocycles. The van der Waals surface area contributed by atoms with Gasteiger partial charge in [-0.1, -0.05) is 24.3 Å². The van der Waals surface area contributed by atoms with Crippen molar-refractivity contribution in [1.29, 1.82) is 0 Å². The molecule has 128 valence electrons. The van der Waals surface area contributed by atoms with Gasteiger partial charge in [0.25, 0.3) is 0 Å². The minimum absolute atomic E-state index is 0.303. The highest BCUT2D eigenvalue weighted by atomic mass is 16.5. The zero-order valence-corrected chi connectivity index (χ0v) is 14.2. The second-order valence-electron chi connectivity index (χ2n) is 6.54. The fourth-order valence-electron chi connectivity index (χ4n) is 2.99. The highest BCUT2D eigenvalue weighted by molar-refractivity contribution is 5.29. The third kappa shape index (κ3) is 4.98. The standard InChI is InChI=1S/C20H26N2O2/c1-22-11-9-19(10-12-22)24-20-4-2-3-17(13-20)15-21-14-16-5-7-18(23)8-6-16/h2-8,13,19,21,23H,9-12,14-15H2,1H3. The summed E-state index contributed by atoms with van der Waals surface area (Å²) in [6, 6.07) is 15.6. The monoisotopic (exact) mass is 326 g/mol. The molecule has 1 aliphatic rings. The molecule has 1 aliphatic heterocycles. The van der Waals surface area contributed by atoms with E-state index in [1.807, 2.05) is 18.2 Å². The predicted octanol–water partition coefficient (Wildman–Crippen LogP) is 3.16. The Kier molecular flexibility index (Phi) is 5.72. The van der Waals surface area contributed by atoms with Crippen molar-refractivity contribution < 1.29 is 9.84 Å². The van der Waals surface area contributed by atoms with Crippen molar-refractivity contribution in [1.82, 2.24) is 10.2 Å². The van der Waals surface area contributed by atoms with Crippen molar-refractivity contribution in [3.05, 3.63) is 59.7 Å². The van der Waals surface area contributed by atoms with Crippen molar-refractivity contribution >= 4 is 0 Å². The van der Waals surface area contributed by atoms with E-state index >= 15 is 0 Å². The highest BCUT2D eigenvalue weighted by Crippen LogP contribution is 2.20. The number of likely N-dealkylation sites (tertiary alicyclic amines) is 1. The van der Waals surface area contributed by atoms with Crippen molar-refractivity contribution in [2.75, 3.05) is 20.1 Å². The number of hydrogen-bond acceptors (Lipinski definition) is 4. The van der Waals surface area contributed by atoms with Crippen LogP contribution in [-0.2, 0) is 13.1 Å². The number of nitrogens with zero attached hydrogens (tertiary/aromatic N) is 1. The van der Waals surface area contributed by atoms with Crippen LogP contribution in [0.5, 0.6) is 11.5 Å². The summed E-state index contributed by atoms with van der Waals surface area (Å²) in [5, 5.41) is 12.7. The van der Waals surface area contributed by atoms with Crippen LogP contribution in [-0.4, -0.2) is 36.2 Å². The Hall–Kier alpha value is -2.04. The molecule has 0 unspecified atom stereocenters. The number of ether oxygens (including phenoxy) is 1. The smallest absolute Gasteiger partial charge is 0.120 e. The summed E-state index contributed by atoms with van der Waals surface area (Å²) >= 11 is 0. The SMILES string of the molecule is CN1CCC(Oc2cccc(CNCc3ccc(O)cc3)c2)CC1. The largest absolute Gasteiger partial charge is 0.508 e. The van der Waals surface area contributed by atoms with E-state index in [9.17, 15) is 5.11 Å². The second kappa shape index (κ2) is 8.18. The number of phenolic OH excluding ortho intramolecular Hbond substituents is 1. The Morgan fingerprint density at radius 1 is 1.04 bits per heavy atom. The van der Waals surface area contributed by atoms with Crippen LogP contribution in [0.25, 0.3) is 0 Å². The first kappa shape index (κ1) is 16.8. The molecule has 2 N–H and O–H groups in total. The van der Waals surface area contributed by atoms with E-state index in [1.54, 1.807) is 12.1 Å². The maximum Gasteiger partial charge on any atom is 0.120 e. The van der Waals surface area contributed by atoms with Gasteiger partial charge < -0.3 is 20.1 Å². The summed E-state index contributed by atoms with van der Waals surface area (Å²) in [5.41, 5.74) is 2.38. The molecule has 0 aliphatic carbocycles. The third-order valence-corrected chi connectivity index (χ3v) is 4.46. The Morgan fingerprint density at radius 3 is 2.50 bits per heavy atom. The lowest BCUT2D eigenvalue weighted by atomic mass is 10.1. The first-order valence-corrected chi connectivity index (χ1v) is 8.62. The summed E-state index contributed by atoms with van der Waals surface area (Å²) in [5.74, 6) is 1.27. The van der Waals surface area contributed by atoms with Gasteiger partial charge in [0.1, 0.15) is 17.6 Å². The average Bonchev–Trinajstić information content (AvgIpc) is 2.59. The molecule has 0 saturated carbocycles. The number of nitrogens with one attached hydrogen (secondary N) is 1. The maximum atomic E-state index is 9.30. The summed E-state index contributed by atoms with van der Waals surface area (Å²) in [6.45, 7) is 3.79. The van der Waals surface area contributed by atoms with Crippen LogP contribution in [0.3, 0.4) is 0 Å². The normalized spacial score (nSPS) is 16.2. The number of benzene rings is 2. The molecule has 3 rings (SSSR count). The molecule has 0 amide bonds. The van der Waals surface area contributed by atoms with Crippen LogP contribution in [0.1, 0.15) is 24.0 Å². The molecule has 4 heteroatoms. The van der Waals surface area contributed by atoms with Gasteiger partial charge in [-0.3, -0.25) is 0 Å². The Balaban J connectivity index is 1.48. The second-order valence-corrected chi connectivity index (χ2v) is 6.54.